The van der Waals surface area contributed by atoms with E-state index in [2.05, 4.69) is 30.9 Å². The Morgan fingerprint density at radius 1 is 0.900 bits per heavy atom. The predicted octanol–water partition coefficient (Wildman–Crippen LogP) is 4.62. The van der Waals surface area contributed by atoms with Crippen molar-refractivity contribution in [1.82, 2.24) is 15.0 Å². The maximum Gasteiger partial charge on any atom is 0.163 e. The normalized spacial score (nSPS) is 10.5. The zero-order valence-corrected chi connectivity index (χ0v) is 12.6. The van der Waals surface area contributed by atoms with Crippen molar-refractivity contribution in [2.45, 2.75) is 0 Å². The predicted molar refractivity (Wildman–Crippen MR) is 83.4 cm³/mol. The van der Waals surface area contributed by atoms with Gasteiger partial charge in [-0.05, 0) is 28.1 Å². The molecule has 0 aliphatic rings. The van der Waals surface area contributed by atoms with Gasteiger partial charge in [0.25, 0.3) is 0 Å². The fourth-order valence-electron chi connectivity index (χ4n) is 1.83. The van der Waals surface area contributed by atoms with Crippen molar-refractivity contribution < 1.29 is 0 Å². The highest BCUT2D eigenvalue weighted by Crippen LogP contribution is 2.33. The van der Waals surface area contributed by atoms with Gasteiger partial charge in [-0.2, -0.15) is 0 Å². The fourth-order valence-corrected chi connectivity index (χ4v) is 2.41. The van der Waals surface area contributed by atoms with Gasteiger partial charge in [-0.3, -0.25) is 4.98 Å². The molecule has 0 saturated heterocycles. The average Bonchev–Trinajstić information content (AvgIpc) is 2.51. The Morgan fingerprint density at radius 3 is 2.35 bits per heavy atom. The zero-order valence-electron chi connectivity index (χ0n) is 10.3. The van der Waals surface area contributed by atoms with Crippen LogP contribution in [0.5, 0.6) is 0 Å². The summed E-state index contributed by atoms with van der Waals surface area (Å²) in [6.45, 7) is 0. The summed E-state index contributed by atoms with van der Waals surface area (Å²) >= 11 is 9.65. The molecule has 0 aliphatic heterocycles. The lowest BCUT2D eigenvalue weighted by molar-refractivity contribution is 1.15. The first-order chi connectivity index (χ1) is 9.75. The maximum atomic E-state index is 6.20. The molecule has 3 aromatic rings. The number of hydrogen-bond acceptors (Lipinski definition) is 3. The third-order valence-corrected chi connectivity index (χ3v) is 4.03. The van der Waals surface area contributed by atoms with E-state index in [1.165, 1.54) is 0 Å². The summed E-state index contributed by atoms with van der Waals surface area (Å²) < 4.78 is 0.693. The first kappa shape index (κ1) is 13.2. The van der Waals surface area contributed by atoms with E-state index in [0.29, 0.717) is 15.5 Å². The molecule has 3 rings (SSSR count). The molecule has 1 aromatic carbocycles. The van der Waals surface area contributed by atoms with Gasteiger partial charge in [0, 0.05) is 23.5 Å². The molecule has 5 heteroatoms. The highest BCUT2D eigenvalue weighted by molar-refractivity contribution is 9.10. The summed E-state index contributed by atoms with van der Waals surface area (Å²) in [5, 5.41) is 0.387. The Balaban J connectivity index is 2.19. The Bertz CT molecular complexity index is 733. The Labute approximate surface area is 129 Å². The molecule has 0 bridgehead atoms. The number of hydrogen-bond donors (Lipinski definition) is 0. The molecule has 0 unspecified atom stereocenters. The summed E-state index contributed by atoms with van der Waals surface area (Å²) in [4.78, 5) is 13.0. The van der Waals surface area contributed by atoms with E-state index < -0.39 is 0 Å². The fraction of sp³-hybridized carbons (Fsp3) is 0. The molecule has 0 saturated carbocycles. The van der Waals surface area contributed by atoms with Crippen molar-refractivity contribution in [3.8, 4) is 22.6 Å². The maximum absolute atomic E-state index is 6.20. The standard InChI is InChI=1S/C15H9BrClN3/c16-12-13(10-5-2-1-3-6-10)19-15(20-14(12)17)11-7-4-8-18-9-11/h1-9H. The summed E-state index contributed by atoms with van der Waals surface area (Å²) in [6, 6.07) is 13.6. The monoisotopic (exact) mass is 345 g/mol. The summed E-state index contributed by atoms with van der Waals surface area (Å²) in [5.41, 5.74) is 2.58. The second-order valence-corrected chi connectivity index (χ2v) is 5.26. The second-order valence-electron chi connectivity index (χ2n) is 4.11. The molecule has 0 aliphatic carbocycles. The molecule has 0 spiro atoms. The minimum atomic E-state index is 0.387. The summed E-state index contributed by atoms with van der Waals surface area (Å²) in [7, 11) is 0. The quantitative estimate of drug-likeness (QED) is 0.635. The van der Waals surface area contributed by atoms with Gasteiger partial charge in [0.05, 0.1) is 10.2 Å². The first-order valence-corrected chi connectivity index (χ1v) is 7.11. The zero-order chi connectivity index (χ0) is 13.9. The van der Waals surface area contributed by atoms with Gasteiger partial charge in [0.2, 0.25) is 0 Å². The number of pyridine rings is 1. The SMILES string of the molecule is Clc1nc(-c2cccnc2)nc(-c2ccccc2)c1Br. The van der Waals surface area contributed by atoms with E-state index in [4.69, 9.17) is 11.6 Å². The van der Waals surface area contributed by atoms with Crippen molar-refractivity contribution in [3.05, 3.63) is 64.5 Å². The van der Waals surface area contributed by atoms with E-state index in [1.54, 1.807) is 12.4 Å². The molecule has 2 aromatic heterocycles. The van der Waals surface area contributed by atoms with Crippen LogP contribution in [0.4, 0.5) is 0 Å². The van der Waals surface area contributed by atoms with Crippen molar-refractivity contribution >= 4 is 27.5 Å². The van der Waals surface area contributed by atoms with Crippen LogP contribution < -0.4 is 0 Å². The third kappa shape index (κ3) is 2.57. The molecule has 20 heavy (non-hydrogen) atoms. The van der Waals surface area contributed by atoms with Gasteiger partial charge in [-0.15, -0.1) is 0 Å². The van der Waals surface area contributed by atoms with E-state index in [-0.39, 0.29) is 0 Å². The van der Waals surface area contributed by atoms with E-state index in [0.717, 1.165) is 16.8 Å². The molecule has 0 fully saturated rings. The van der Waals surface area contributed by atoms with E-state index >= 15 is 0 Å². The molecule has 0 radical (unpaired) electrons. The molecule has 0 N–H and O–H groups in total. The molecule has 2 heterocycles. The average molecular weight is 347 g/mol. The van der Waals surface area contributed by atoms with Crippen LogP contribution >= 0.6 is 27.5 Å². The number of nitrogens with zero attached hydrogens (tertiary/aromatic N) is 3. The van der Waals surface area contributed by atoms with Crippen molar-refractivity contribution in [2.24, 2.45) is 0 Å². The van der Waals surface area contributed by atoms with Crippen molar-refractivity contribution in [3.63, 3.8) is 0 Å². The molecular weight excluding hydrogens is 338 g/mol. The Hall–Kier alpha value is -1.78. The lowest BCUT2D eigenvalue weighted by Crippen LogP contribution is -1.95. The summed E-state index contributed by atoms with van der Waals surface area (Å²) in [6.07, 6.45) is 3.43. The van der Waals surface area contributed by atoms with Crippen molar-refractivity contribution in [2.75, 3.05) is 0 Å². The van der Waals surface area contributed by atoms with Crippen LogP contribution in [-0.2, 0) is 0 Å². The minimum absolute atomic E-state index is 0.387. The molecule has 0 amide bonds. The lowest BCUT2D eigenvalue weighted by atomic mass is 10.1. The largest absolute Gasteiger partial charge is 0.264 e. The van der Waals surface area contributed by atoms with Gasteiger partial charge in [0.15, 0.2) is 5.82 Å². The minimum Gasteiger partial charge on any atom is -0.264 e. The second kappa shape index (κ2) is 5.69. The van der Waals surface area contributed by atoms with Gasteiger partial charge < -0.3 is 0 Å². The number of rotatable bonds is 2. The topological polar surface area (TPSA) is 38.7 Å². The lowest BCUT2D eigenvalue weighted by Gasteiger charge is -2.08. The molecular formula is C15H9BrClN3. The van der Waals surface area contributed by atoms with Crippen LogP contribution in [0, 0.1) is 0 Å². The van der Waals surface area contributed by atoms with Gasteiger partial charge >= 0.3 is 0 Å². The Kier molecular flexibility index (Phi) is 3.76. The smallest absolute Gasteiger partial charge is 0.163 e. The van der Waals surface area contributed by atoms with E-state index in [9.17, 15) is 0 Å². The number of halogens is 2. The number of benzene rings is 1. The van der Waals surface area contributed by atoms with E-state index in [1.807, 2.05) is 42.5 Å². The molecule has 98 valence electrons. The van der Waals surface area contributed by atoms with Crippen molar-refractivity contribution in [1.29, 1.82) is 0 Å². The van der Waals surface area contributed by atoms with Crippen LogP contribution in [0.2, 0.25) is 5.15 Å². The van der Waals surface area contributed by atoms with Gasteiger partial charge in [-0.25, -0.2) is 9.97 Å². The number of aromatic nitrogens is 3. The first-order valence-electron chi connectivity index (χ1n) is 5.94. The highest BCUT2D eigenvalue weighted by Gasteiger charge is 2.13. The van der Waals surface area contributed by atoms with Gasteiger partial charge in [0.1, 0.15) is 5.15 Å². The van der Waals surface area contributed by atoms with Crippen LogP contribution in [0.1, 0.15) is 0 Å². The van der Waals surface area contributed by atoms with Crippen LogP contribution in [0.15, 0.2) is 59.3 Å². The van der Waals surface area contributed by atoms with Crippen LogP contribution in [-0.4, -0.2) is 15.0 Å². The summed E-state index contributed by atoms with van der Waals surface area (Å²) in [5.74, 6) is 0.560. The van der Waals surface area contributed by atoms with Crippen LogP contribution in [0.25, 0.3) is 22.6 Å². The highest BCUT2D eigenvalue weighted by atomic mass is 79.9. The Morgan fingerprint density at radius 2 is 1.65 bits per heavy atom. The van der Waals surface area contributed by atoms with Gasteiger partial charge in [-0.1, -0.05) is 41.9 Å². The molecule has 3 nitrogen and oxygen atoms in total. The molecule has 0 atom stereocenters. The third-order valence-electron chi connectivity index (χ3n) is 2.78. The van der Waals surface area contributed by atoms with Crippen LogP contribution in [0.3, 0.4) is 0 Å².